The van der Waals surface area contributed by atoms with Crippen LogP contribution in [0, 0.1) is 13.8 Å². The van der Waals surface area contributed by atoms with Crippen molar-refractivity contribution in [3.8, 4) is 10.4 Å². The van der Waals surface area contributed by atoms with Gasteiger partial charge in [-0.25, -0.2) is 14.5 Å². The zero-order valence-corrected chi connectivity index (χ0v) is 19.6. The Morgan fingerprint density at radius 1 is 1.22 bits per heavy atom. The van der Waals surface area contributed by atoms with Crippen LogP contribution in [0.3, 0.4) is 0 Å². The number of imidazole rings is 1. The summed E-state index contributed by atoms with van der Waals surface area (Å²) < 4.78 is 1.70. The molecule has 1 saturated heterocycles. The van der Waals surface area contributed by atoms with Gasteiger partial charge in [-0.3, -0.25) is 4.79 Å². The highest BCUT2D eigenvalue weighted by atomic mass is 35.5. The molecule has 164 valence electrons. The van der Waals surface area contributed by atoms with Crippen LogP contribution in [0.25, 0.3) is 16.1 Å². The van der Waals surface area contributed by atoms with Crippen molar-refractivity contribution in [1.29, 1.82) is 0 Å². The number of piperidine rings is 1. The van der Waals surface area contributed by atoms with E-state index in [1.54, 1.807) is 21.9 Å². The summed E-state index contributed by atoms with van der Waals surface area (Å²) in [6.45, 7) is 4.71. The molecular formula is C24H24ClN5OS. The summed E-state index contributed by atoms with van der Waals surface area (Å²) in [6, 6.07) is 11.8. The van der Waals surface area contributed by atoms with Crippen molar-refractivity contribution in [3.63, 3.8) is 0 Å². The molecule has 1 aliphatic rings. The van der Waals surface area contributed by atoms with Crippen molar-refractivity contribution in [2.24, 2.45) is 0 Å². The maximum atomic E-state index is 14.1. The Balaban J connectivity index is 1.56. The van der Waals surface area contributed by atoms with E-state index >= 15 is 0 Å². The number of nitrogens with one attached hydrogen (secondary N) is 1. The first-order chi connectivity index (χ1) is 15.4. The lowest BCUT2D eigenvalue weighted by molar-refractivity contribution is 0.0805. The molecule has 6 nitrogen and oxygen atoms in total. The van der Waals surface area contributed by atoms with E-state index in [1.165, 1.54) is 0 Å². The summed E-state index contributed by atoms with van der Waals surface area (Å²) in [6.07, 6.45) is 5.15. The van der Waals surface area contributed by atoms with Crippen molar-refractivity contribution in [2.45, 2.75) is 45.1 Å². The molecule has 8 heteroatoms. The van der Waals surface area contributed by atoms with Gasteiger partial charge in [0.1, 0.15) is 10.8 Å². The third kappa shape index (κ3) is 3.85. The molecule has 32 heavy (non-hydrogen) atoms. The number of thiazole rings is 1. The van der Waals surface area contributed by atoms with Gasteiger partial charge in [-0.1, -0.05) is 41.9 Å². The smallest absolute Gasteiger partial charge is 0.203 e. The Bertz CT molecular complexity index is 1290. The lowest BCUT2D eigenvalue weighted by Crippen LogP contribution is -2.56. The van der Waals surface area contributed by atoms with Crippen LogP contribution in [0.4, 0.5) is 0 Å². The van der Waals surface area contributed by atoms with E-state index in [-0.39, 0.29) is 5.78 Å². The van der Waals surface area contributed by atoms with Crippen LogP contribution in [0.2, 0.25) is 5.15 Å². The maximum absolute atomic E-state index is 14.1. The van der Waals surface area contributed by atoms with Crippen LogP contribution >= 0.6 is 22.9 Å². The second-order valence-electron chi connectivity index (χ2n) is 8.40. The summed E-state index contributed by atoms with van der Waals surface area (Å²) in [5.74, 6) is 0.0418. The summed E-state index contributed by atoms with van der Waals surface area (Å²) in [4.78, 5) is 24.5. The Kier molecular flexibility index (Phi) is 5.57. The summed E-state index contributed by atoms with van der Waals surface area (Å²) in [5.41, 5.74) is 3.37. The fourth-order valence-corrected chi connectivity index (χ4v) is 5.68. The number of hydrogen-bond acceptors (Lipinski definition) is 6. The van der Waals surface area contributed by atoms with Gasteiger partial charge < -0.3 is 5.32 Å². The number of aromatic nitrogens is 4. The zero-order chi connectivity index (χ0) is 22.3. The standard InChI is InChI=1S/C24H24ClN5OS/c1-15-12-19(25)29-30-14-18(28-23(15)30)13-24(10-6-7-11-26-24)22(31)20-21(32-16(2)27-20)17-8-4-3-5-9-17/h3-5,8-9,12,14,26H,6-7,10-11,13H2,1-2H3/t24-/m0/s1. The van der Waals surface area contributed by atoms with Crippen LogP contribution < -0.4 is 5.32 Å². The number of nitrogens with zero attached hydrogens (tertiary/aromatic N) is 4. The second-order valence-corrected chi connectivity index (χ2v) is 9.99. The van der Waals surface area contributed by atoms with Crippen LogP contribution in [-0.4, -0.2) is 37.4 Å². The topological polar surface area (TPSA) is 72.2 Å². The lowest BCUT2D eigenvalue weighted by Gasteiger charge is -2.36. The molecule has 4 heterocycles. The predicted molar refractivity (Wildman–Crippen MR) is 128 cm³/mol. The molecule has 4 aromatic rings. The van der Waals surface area contributed by atoms with Gasteiger partial charge in [0.05, 0.1) is 27.3 Å². The maximum Gasteiger partial charge on any atom is 0.203 e. The first kappa shape index (κ1) is 21.2. The summed E-state index contributed by atoms with van der Waals surface area (Å²) >= 11 is 7.70. The molecule has 1 atom stereocenters. The first-order valence-corrected chi connectivity index (χ1v) is 12.0. The number of carbonyl (C=O) groups is 1. The van der Waals surface area contributed by atoms with Gasteiger partial charge in [0, 0.05) is 6.42 Å². The highest BCUT2D eigenvalue weighted by Crippen LogP contribution is 2.35. The average molecular weight is 466 g/mol. The molecular weight excluding hydrogens is 442 g/mol. The van der Waals surface area contributed by atoms with E-state index in [0.717, 1.165) is 58.2 Å². The largest absolute Gasteiger partial charge is 0.304 e. The van der Waals surface area contributed by atoms with E-state index in [1.807, 2.05) is 50.4 Å². The van der Waals surface area contributed by atoms with Gasteiger partial charge in [0.15, 0.2) is 5.65 Å². The molecule has 0 aliphatic carbocycles. The van der Waals surface area contributed by atoms with Gasteiger partial charge in [-0.15, -0.1) is 11.3 Å². The molecule has 0 spiro atoms. The molecule has 1 aliphatic heterocycles. The number of Topliss-reactive ketones (excluding diaryl/α,β-unsaturated/α-hetero) is 1. The summed E-state index contributed by atoms with van der Waals surface area (Å²) in [5, 5.41) is 9.21. The van der Waals surface area contributed by atoms with Crippen LogP contribution in [0.5, 0.6) is 0 Å². The zero-order valence-electron chi connectivity index (χ0n) is 18.1. The van der Waals surface area contributed by atoms with E-state index in [0.29, 0.717) is 17.3 Å². The molecule has 0 saturated carbocycles. The minimum atomic E-state index is -0.738. The number of rotatable bonds is 5. The Labute approximate surface area is 195 Å². The number of aryl methyl sites for hydroxylation is 2. The third-order valence-electron chi connectivity index (χ3n) is 6.03. The summed E-state index contributed by atoms with van der Waals surface area (Å²) in [7, 11) is 0. The van der Waals surface area contributed by atoms with Gasteiger partial charge >= 0.3 is 0 Å². The van der Waals surface area contributed by atoms with E-state index in [2.05, 4.69) is 10.4 Å². The molecule has 0 radical (unpaired) electrons. The number of halogens is 1. The van der Waals surface area contributed by atoms with Gasteiger partial charge in [0.25, 0.3) is 0 Å². The van der Waals surface area contributed by atoms with E-state index in [9.17, 15) is 4.79 Å². The molecule has 5 rings (SSSR count). The normalized spacial score (nSPS) is 18.8. The molecule has 0 amide bonds. The highest BCUT2D eigenvalue weighted by Gasteiger charge is 2.42. The Hall–Kier alpha value is -2.61. The lowest BCUT2D eigenvalue weighted by atomic mass is 9.79. The van der Waals surface area contributed by atoms with Crippen LogP contribution in [-0.2, 0) is 6.42 Å². The quantitative estimate of drug-likeness (QED) is 0.417. The van der Waals surface area contributed by atoms with Crippen LogP contribution in [0.15, 0.2) is 42.6 Å². The fraction of sp³-hybridized carbons (Fsp3) is 0.333. The van der Waals surface area contributed by atoms with Gasteiger partial charge in [-0.05, 0) is 56.8 Å². The van der Waals surface area contributed by atoms with E-state index < -0.39 is 5.54 Å². The number of hydrogen-bond donors (Lipinski definition) is 1. The molecule has 0 bridgehead atoms. The minimum Gasteiger partial charge on any atom is -0.304 e. The Morgan fingerprint density at radius 2 is 2.03 bits per heavy atom. The fourth-order valence-electron chi connectivity index (χ4n) is 4.52. The average Bonchev–Trinajstić information content (AvgIpc) is 3.37. The SMILES string of the molecule is Cc1nc(C(=O)[C@@]2(Cc3cn4nc(Cl)cc(C)c4n3)CCCCN2)c(-c2ccccc2)s1. The van der Waals surface area contributed by atoms with Crippen LogP contribution in [0.1, 0.15) is 46.0 Å². The van der Waals surface area contributed by atoms with Crippen molar-refractivity contribution < 1.29 is 4.79 Å². The number of fused-ring (bicyclic) bond motifs is 1. The number of carbonyl (C=O) groups excluding carboxylic acids is 1. The molecule has 1 fully saturated rings. The molecule has 0 unspecified atom stereocenters. The number of benzene rings is 1. The van der Waals surface area contributed by atoms with Crippen molar-refractivity contribution >= 4 is 34.4 Å². The second kappa shape index (κ2) is 8.39. The minimum absolute atomic E-state index is 0.0418. The predicted octanol–water partition coefficient (Wildman–Crippen LogP) is 5.06. The number of ketones is 1. The Morgan fingerprint density at radius 3 is 2.78 bits per heavy atom. The third-order valence-corrected chi connectivity index (χ3v) is 7.23. The molecule has 1 N–H and O–H groups in total. The van der Waals surface area contributed by atoms with Crippen molar-refractivity contribution in [1.82, 2.24) is 24.9 Å². The van der Waals surface area contributed by atoms with Gasteiger partial charge in [-0.2, -0.15) is 5.10 Å². The molecule has 1 aromatic carbocycles. The molecule has 3 aromatic heterocycles. The monoisotopic (exact) mass is 465 g/mol. The van der Waals surface area contributed by atoms with E-state index in [4.69, 9.17) is 21.6 Å². The van der Waals surface area contributed by atoms with Crippen molar-refractivity contribution in [2.75, 3.05) is 6.54 Å². The van der Waals surface area contributed by atoms with Crippen molar-refractivity contribution in [3.05, 3.63) is 69.7 Å². The van der Waals surface area contributed by atoms with Gasteiger partial charge in [0.2, 0.25) is 5.78 Å². The highest BCUT2D eigenvalue weighted by molar-refractivity contribution is 7.15. The first-order valence-electron chi connectivity index (χ1n) is 10.8.